The van der Waals surface area contributed by atoms with Crippen molar-refractivity contribution in [2.75, 3.05) is 11.6 Å². The van der Waals surface area contributed by atoms with Gasteiger partial charge in [0.2, 0.25) is 0 Å². The number of benzene rings is 1. The summed E-state index contributed by atoms with van der Waals surface area (Å²) in [5.74, 6) is 0. The van der Waals surface area contributed by atoms with Crippen LogP contribution in [0.5, 0.6) is 0 Å². The van der Waals surface area contributed by atoms with E-state index in [1.807, 2.05) is 43.0 Å². The normalized spacial score (nSPS) is 23.4. The first-order chi connectivity index (χ1) is 10.1. The molecular formula is C16H25N3OS. The molecule has 2 rings (SSSR count). The summed E-state index contributed by atoms with van der Waals surface area (Å²) >= 11 is 1.85. The number of amides is 2. The highest BCUT2D eigenvalue weighted by atomic mass is 32.2. The molecule has 2 amide bonds. The zero-order valence-corrected chi connectivity index (χ0v) is 13.6. The van der Waals surface area contributed by atoms with Gasteiger partial charge in [0.1, 0.15) is 0 Å². The Morgan fingerprint density at radius 3 is 2.57 bits per heavy atom. The SMILES string of the molecule is CSC1CCCCC1NC(=O)Nc1ccc(C(C)N)cc1. The fourth-order valence-electron chi connectivity index (χ4n) is 2.75. The maximum Gasteiger partial charge on any atom is 0.319 e. The van der Waals surface area contributed by atoms with Gasteiger partial charge in [-0.1, -0.05) is 25.0 Å². The van der Waals surface area contributed by atoms with Gasteiger partial charge in [-0.15, -0.1) is 0 Å². The number of hydrogen-bond donors (Lipinski definition) is 3. The van der Waals surface area contributed by atoms with Crippen LogP contribution in [0.2, 0.25) is 0 Å². The minimum Gasteiger partial charge on any atom is -0.334 e. The molecule has 0 bridgehead atoms. The fourth-order valence-corrected chi connectivity index (χ4v) is 3.68. The number of urea groups is 1. The van der Waals surface area contributed by atoms with Gasteiger partial charge >= 0.3 is 6.03 Å². The van der Waals surface area contributed by atoms with Gasteiger partial charge in [-0.3, -0.25) is 0 Å². The van der Waals surface area contributed by atoms with Crippen LogP contribution >= 0.6 is 11.8 Å². The summed E-state index contributed by atoms with van der Waals surface area (Å²) in [7, 11) is 0. The summed E-state index contributed by atoms with van der Waals surface area (Å²) in [6.45, 7) is 1.95. The zero-order chi connectivity index (χ0) is 15.2. The van der Waals surface area contributed by atoms with E-state index in [4.69, 9.17) is 5.73 Å². The van der Waals surface area contributed by atoms with Crippen molar-refractivity contribution in [1.29, 1.82) is 0 Å². The van der Waals surface area contributed by atoms with Crippen molar-refractivity contribution in [3.05, 3.63) is 29.8 Å². The quantitative estimate of drug-likeness (QED) is 0.797. The van der Waals surface area contributed by atoms with Crippen LogP contribution in [0, 0.1) is 0 Å². The summed E-state index contributed by atoms with van der Waals surface area (Å²) in [6.07, 6.45) is 6.85. The lowest BCUT2D eigenvalue weighted by Crippen LogP contribution is -2.45. The van der Waals surface area contributed by atoms with Crippen molar-refractivity contribution in [2.24, 2.45) is 5.73 Å². The van der Waals surface area contributed by atoms with E-state index >= 15 is 0 Å². The van der Waals surface area contributed by atoms with Crippen LogP contribution in [0.1, 0.15) is 44.2 Å². The van der Waals surface area contributed by atoms with Crippen LogP contribution in [0.3, 0.4) is 0 Å². The molecule has 116 valence electrons. The molecule has 1 aliphatic carbocycles. The first-order valence-electron chi connectivity index (χ1n) is 7.56. The molecule has 0 radical (unpaired) electrons. The number of anilines is 1. The second-order valence-electron chi connectivity index (χ2n) is 5.67. The molecule has 1 aliphatic rings. The first-order valence-corrected chi connectivity index (χ1v) is 8.85. The molecule has 5 heteroatoms. The first kappa shape index (κ1) is 16.2. The lowest BCUT2D eigenvalue weighted by atomic mass is 9.95. The molecule has 3 unspecified atom stereocenters. The van der Waals surface area contributed by atoms with Gasteiger partial charge < -0.3 is 16.4 Å². The maximum absolute atomic E-state index is 12.1. The molecule has 0 aromatic heterocycles. The van der Waals surface area contributed by atoms with Gasteiger partial charge in [0, 0.05) is 23.0 Å². The van der Waals surface area contributed by atoms with Crippen molar-refractivity contribution in [3.63, 3.8) is 0 Å². The van der Waals surface area contributed by atoms with Crippen LogP contribution < -0.4 is 16.4 Å². The van der Waals surface area contributed by atoms with Gasteiger partial charge in [0.25, 0.3) is 0 Å². The second kappa shape index (κ2) is 7.71. The largest absolute Gasteiger partial charge is 0.334 e. The predicted molar refractivity (Wildman–Crippen MR) is 90.8 cm³/mol. The molecule has 0 aliphatic heterocycles. The van der Waals surface area contributed by atoms with Crippen molar-refractivity contribution >= 4 is 23.5 Å². The molecule has 0 saturated heterocycles. The maximum atomic E-state index is 12.1. The monoisotopic (exact) mass is 307 g/mol. The smallest absolute Gasteiger partial charge is 0.319 e. The molecule has 4 N–H and O–H groups in total. The van der Waals surface area contributed by atoms with Crippen LogP contribution in [0.15, 0.2) is 24.3 Å². The Morgan fingerprint density at radius 2 is 1.95 bits per heavy atom. The lowest BCUT2D eigenvalue weighted by molar-refractivity contribution is 0.245. The topological polar surface area (TPSA) is 67.2 Å². The van der Waals surface area contributed by atoms with Gasteiger partial charge in [-0.25, -0.2) is 4.79 Å². The number of carbonyl (C=O) groups excluding carboxylic acids is 1. The molecule has 4 nitrogen and oxygen atoms in total. The van der Waals surface area contributed by atoms with Gasteiger partial charge in [-0.2, -0.15) is 11.8 Å². The Kier molecular flexibility index (Phi) is 5.94. The zero-order valence-electron chi connectivity index (χ0n) is 12.8. The van der Waals surface area contributed by atoms with E-state index < -0.39 is 0 Å². The van der Waals surface area contributed by atoms with Crippen molar-refractivity contribution < 1.29 is 4.79 Å². The summed E-state index contributed by atoms with van der Waals surface area (Å²) < 4.78 is 0. The number of thioether (sulfide) groups is 1. The third-order valence-corrected chi connectivity index (χ3v) is 5.19. The van der Waals surface area contributed by atoms with E-state index in [-0.39, 0.29) is 18.1 Å². The van der Waals surface area contributed by atoms with Crippen LogP contribution in [0.25, 0.3) is 0 Å². The molecule has 1 aromatic rings. The minimum atomic E-state index is -0.116. The van der Waals surface area contributed by atoms with E-state index in [1.165, 1.54) is 19.3 Å². The molecule has 21 heavy (non-hydrogen) atoms. The number of rotatable bonds is 4. The van der Waals surface area contributed by atoms with Crippen molar-refractivity contribution in [3.8, 4) is 0 Å². The van der Waals surface area contributed by atoms with E-state index in [2.05, 4.69) is 16.9 Å². The summed E-state index contributed by atoms with van der Waals surface area (Å²) in [5, 5.41) is 6.54. The Labute approximate surface area is 131 Å². The molecule has 1 aromatic carbocycles. The van der Waals surface area contributed by atoms with Crippen molar-refractivity contribution in [2.45, 2.75) is 49.9 Å². The Bertz CT molecular complexity index is 461. The number of hydrogen-bond acceptors (Lipinski definition) is 3. The van der Waals surface area contributed by atoms with E-state index in [0.717, 1.165) is 17.7 Å². The van der Waals surface area contributed by atoms with E-state index in [0.29, 0.717) is 5.25 Å². The highest BCUT2D eigenvalue weighted by molar-refractivity contribution is 7.99. The Hall–Kier alpha value is -1.20. The second-order valence-corrected chi connectivity index (χ2v) is 6.75. The summed E-state index contributed by atoms with van der Waals surface area (Å²) in [5.41, 5.74) is 7.68. The van der Waals surface area contributed by atoms with Gasteiger partial charge in [-0.05, 0) is 43.7 Å². The molecule has 1 fully saturated rings. The van der Waals surface area contributed by atoms with Crippen LogP contribution in [-0.4, -0.2) is 23.6 Å². The summed E-state index contributed by atoms with van der Waals surface area (Å²) in [4.78, 5) is 12.1. The van der Waals surface area contributed by atoms with Gasteiger partial charge in [0.15, 0.2) is 0 Å². The molecule has 0 spiro atoms. The van der Waals surface area contributed by atoms with Crippen LogP contribution in [0.4, 0.5) is 10.5 Å². The Balaban J connectivity index is 1.88. The van der Waals surface area contributed by atoms with Crippen LogP contribution in [-0.2, 0) is 0 Å². The number of nitrogens with one attached hydrogen (secondary N) is 2. The molecule has 3 atom stereocenters. The van der Waals surface area contributed by atoms with Gasteiger partial charge in [0.05, 0.1) is 0 Å². The van der Waals surface area contributed by atoms with E-state index in [9.17, 15) is 4.79 Å². The van der Waals surface area contributed by atoms with Crippen molar-refractivity contribution in [1.82, 2.24) is 5.32 Å². The fraction of sp³-hybridized carbons (Fsp3) is 0.562. The highest BCUT2D eigenvalue weighted by Crippen LogP contribution is 2.27. The molecule has 0 heterocycles. The number of nitrogens with two attached hydrogens (primary N) is 1. The lowest BCUT2D eigenvalue weighted by Gasteiger charge is -2.30. The standard InChI is InChI=1S/C16H25N3OS/c1-11(17)12-7-9-13(10-8-12)18-16(20)19-14-5-3-4-6-15(14)21-2/h7-11,14-15H,3-6,17H2,1-2H3,(H2,18,19,20). The average Bonchev–Trinajstić information content (AvgIpc) is 2.48. The summed E-state index contributed by atoms with van der Waals surface area (Å²) in [6, 6.07) is 7.86. The third kappa shape index (κ3) is 4.64. The molecule has 1 saturated carbocycles. The van der Waals surface area contributed by atoms with E-state index in [1.54, 1.807) is 0 Å². The average molecular weight is 307 g/mol. The molecular weight excluding hydrogens is 282 g/mol. The Morgan fingerprint density at radius 1 is 1.29 bits per heavy atom. The predicted octanol–water partition coefficient (Wildman–Crippen LogP) is 3.50. The third-order valence-electron chi connectivity index (χ3n) is 4.02. The highest BCUT2D eigenvalue weighted by Gasteiger charge is 2.25. The number of carbonyl (C=O) groups is 1. The minimum absolute atomic E-state index is 0.0115.